The van der Waals surface area contributed by atoms with Crippen LogP contribution in [0.25, 0.3) is 0 Å². The molecule has 1 aromatic carbocycles. The van der Waals surface area contributed by atoms with Crippen molar-refractivity contribution in [1.29, 1.82) is 0 Å². The fourth-order valence-electron chi connectivity index (χ4n) is 2.61. The second kappa shape index (κ2) is 6.02. The van der Waals surface area contributed by atoms with Crippen LogP contribution in [-0.2, 0) is 19.1 Å². The van der Waals surface area contributed by atoms with Crippen molar-refractivity contribution in [2.24, 2.45) is 5.92 Å². The van der Waals surface area contributed by atoms with Crippen LogP contribution in [-0.4, -0.2) is 42.5 Å². The van der Waals surface area contributed by atoms with E-state index < -0.39 is 29.9 Å². The maximum absolute atomic E-state index is 11.9. The molecule has 0 unspecified atom stereocenters. The summed E-state index contributed by atoms with van der Waals surface area (Å²) in [5, 5.41) is 11.1. The molecular formula is C14H17NO5. The first-order valence-electron chi connectivity index (χ1n) is 6.28. The van der Waals surface area contributed by atoms with E-state index in [0.717, 1.165) is 10.6 Å². The van der Waals surface area contributed by atoms with Crippen LogP contribution in [0.4, 0.5) is 0 Å². The Balaban J connectivity index is 2.34. The van der Waals surface area contributed by atoms with E-state index in [0.29, 0.717) is 0 Å². The topological polar surface area (TPSA) is 76.1 Å². The zero-order chi connectivity index (χ0) is 14.7. The highest BCUT2D eigenvalue weighted by molar-refractivity contribution is 5.80. The minimum atomic E-state index is -0.866. The smallest absolute Gasteiger partial charge is 0.325 e. The Morgan fingerprint density at radius 3 is 2.30 bits per heavy atom. The lowest BCUT2D eigenvalue weighted by Gasteiger charge is -2.24. The number of benzene rings is 1. The third kappa shape index (κ3) is 2.52. The number of nitrogens with zero attached hydrogens (tertiary/aromatic N) is 1. The Kier molecular flexibility index (Phi) is 4.36. The normalized spacial score (nSPS) is 26.2. The van der Waals surface area contributed by atoms with Crippen molar-refractivity contribution in [2.75, 3.05) is 14.2 Å². The fourth-order valence-corrected chi connectivity index (χ4v) is 2.61. The summed E-state index contributed by atoms with van der Waals surface area (Å²) in [6.45, 7) is 0. The number of hydroxylamine groups is 2. The molecule has 108 valence electrons. The van der Waals surface area contributed by atoms with Gasteiger partial charge in [0.25, 0.3) is 0 Å². The number of carbonyl (C=O) groups is 2. The van der Waals surface area contributed by atoms with Crippen molar-refractivity contribution < 1.29 is 24.3 Å². The van der Waals surface area contributed by atoms with Gasteiger partial charge in [0.15, 0.2) is 0 Å². The number of hydrogen-bond donors (Lipinski definition) is 1. The molecule has 20 heavy (non-hydrogen) atoms. The zero-order valence-electron chi connectivity index (χ0n) is 11.4. The van der Waals surface area contributed by atoms with Gasteiger partial charge in [-0.1, -0.05) is 30.3 Å². The fraction of sp³-hybridized carbons (Fsp3) is 0.429. The lowest BCUT2D eigenvalue weighted by atomic mass is 9.93. The van der Waals surface area contributed by atoms with E-state index in [2.05, 4.69) is 4.74 Å². The molecule has 6 heteroatoms. The largest absolute Gasteiger partial charge is 0.469 e. The average Bonchev–Trinajstić information content (AvgIpc) is 2.84. The van der Waals surface area contributed by atoms with E-state index in [1.165, 1.54) is 14.2 Å². The molecule has 1 aliphatic heterocycles. The first kappa shape index (κ1) is 14.5. The molecule has 0 spiro atoms. The SMILES string of the molecule is COC(=O)[C@H]1C[C@@H](C(=O)OC)[C@H](c2ccccc2)N1O. The van der Waals surface area contributed by atoms with Gasteiger partial charge >= 0.3 is 11.9 Å². The van der Waals surface area contributed by atoms with Gasteiger partial charge < -0.3 is 14.7 Å². The summed E-state index contributed by atoms with van der Waals surface area (Å²) < 4.78 is 9.42. The van der Waals surface area contributed by atoms with Crippen molar-refractivity contribution in [1.82, 2.24) is 5.06 Å². The predicted octanol–water partition coefficient (Wildman–Crippen LogP) is 1.15. The van der Waals surface area contributed by atoms with E-state index in [4.69, 9.17) is 4.74 Å². The lowest BCUT2D eigenvalue weighted by molar-refractivity contribution is -0.177. The highest BCUT2D eigenvalue weighted by Gasteiger charge is 2.49. The Morgan fingerprint density at radius 2 is 1.75 bits per heavy atom. The van der Waals surface area contributed by atoms with Gasteiger partial charge in [-0.25, -0.2) is 0 Å². The van der Waals surface area contributed by atoms with E-state index in [1.807, 2.05) is 18.2 Å². The van der Waals surface area contributed by atoms with Gasteiger partial charge in [-0.15, -0.1) is 0 Å². The van der Waals surface area contributed by atoms with Crippen LogP contribution in [0, 0.1) is 5.92 Å². The van der Waals surface area contributed by atoms with Gasteiger partial charge in [-0.3, -0.25) is 9.59 Å². The van der Waals surface area contributed by atoms with Gasteiger partial charge in [0.1, 0.15) is 6.04 Å². The number of ether oxygens (including phenoxy) is 2. The third-order valence-electron chi connectivity index (χ3n) is 3.58. The van der Waals surface area contributed by atoms with E-state index in [9.17, 15) is 14.8 Å². The highest BCUT2D eigenvalue weighted by atomic mass is 16.5. The molecule has 0 saturated carbocycles. The van der Waals surface area contributed by atoms with Gasteiger partial charge in [-0.05, 0) is 12.0 Å². The van der Waals surface area contributed by atoms with E-state index >= 15 is 0 Å². The van der Waals surface area contributed by atoms with Crippen molar-refractivity contribution >= 4 is 11.9 Å². The maximum atomic E-state index is 11.9. The van der Waals surface area contributed by atoms with E-state index in [1.54, 1.807) is 12.1 Å². The van der Waals surface area contributed by atoms with Crippen molar-refractivity contribution in [2.45, 2.75) is 18.5 Å². The van der Waals surface area contributed by atoms with Crippen LogP contribution in [0.2, 0.25) is 0 Å². The molecule has 1 fully saturated rings. The lowest BCUT2D eigenvalue weighted by Crippen LogP contribution is -2.36. The summed E-state index contributed by atoms with van der Waals surface area (Å²) in [4.78, 5) is 23.6. The first-order chi connectivity index (χ1) is 9.60. The Hall–Kier alpha value is -1.92. The Bertz CT molecular complexity index is 490. The zero-order valence-corrected chi connectivity index (χ0v) is 11.4. The molecule has 1 heterocycles. The molecule has 0 amide bonds. The Morgan fingerprint density at radius 1 is 1.15 bits per heavy atom. The van der Waals surface area contributed by atoms with Gasteiger partial charge in [0.2, 0.25) is 0 Å². The molecule has 1 saturated heterocycles. The summed E-state index contributed by atoms with van der Waals surface area (Å²) >= 11 is 0. The maximum Gasteiger partial charge on any atom is 0.325 e. The minimum absolute atomic E-state index is 0.162. The number of esters is 2. The third-order valence-corrected chi connectivity index (χ3v) is 3.58. The molecule has 0 aliphatic carbocycles. The number of methoxy groups -OCH3 is 2. The molecule has 1 N–H and O–H groups in total. The minimum Gasteiger partial charge on any atom is -0.469 e. The van der Waals surface area contributed by atoms with Crippen LogP contribution < -0.4 is 0 Å². The standard InChI is InChI=1S/C14H17NO5/c1-19-13(16)10-8-11(14(17)20-2)15(18)12(10)9-6-4-3-5-7-9/h3-7,10-12,18H,8H2,1-2H3/t10-,11-,12+/m1/s1. The van der Waals surface area contributed by atoms with Crippen molar-refractivity contribution in [3.63, 3.8) is 0 Å². The average molecular weight is 279 g/mol. The summed E-state index contributed by atoms with van der Waals surface area (Å²) in [5.41, 5.74) is 0.747. The summed E-state index contributed by atoms with van der Waals surface area (Å²) in [7, 11) is 2.54. The van der Waals surface area contributed by atoms with Crippen LogP contribution in [0.15, 0.2) is 30.3 Å². The number of rotatable bonds is 3. The van der Waals surface area contributed by atoms with Crippen LogP contribution in [0.5, 0.6) is 0 Å². The summed E-state index contributed by atoms with van der Waals surface area (Å²) in [6.07, 6.45) is 0.162. The van der Waals surface area contributed by atoms with Crippen molar-refractivity contribution in [3.8, 4) is 0 Å². The van der Waals surface area contributed by atoms with Crippen molar-refractivity contribution in [3.05, 3.63) is 35.9 Å². The molecule has 0 radical (unpaired) electrons. The molecular weight excluding hydrogens is 262 g/mol. The van der Waals surface area contributed by atoms with Crippen LogP contribution >= 0.6 is 0 Å². The second-order valence-corrected chi connectivity index (χ2v) is 4.64. The number of hydrogen-bond acceptors (Lipinski definition) is 6. The molecule has 6 nitrogen and oxygen atoms in total. The van der Waals surface area contributed by atoms with Gasteiger partial charge in [0.05, 0.1) is 26.2 Å². The second-order valence-electron chi connectivity index (χ2n) is 4.64. The predicted molar refractivity (Wildman–Crippen MR) is 68.7 cm³/mol. The highest BCUT2D eigenvalue weighted by Crippen LogP contribution is 2.40. The van der Waals surface area contributed by atoms with Crippen LogP contribution in [0.1, 0.15) is 18.0 Å². The monoisotopic (exact) mass is 279 g/mol. The van der Waals surface area contributed by atoms with Gasteiger partial charge in [0, 0.05) is 0 Å². The van der Waals surface area contributed by atoms with Crippen LogP contribution in [0.3, 0.4) is 0 Å². The van der Waals surface area contributed by atoms with E-state index in [-0.39, 0.29) is 6.42 Å². The summed E-state index contributed by atoms with van der Waals surface area (Å²) in [5.74, 6) is -1.64. The molecule has 3 atom stereocenters. The molecule has 2 rings (SSSR count). The first-order valence-corrected chi connectivity index (χ1v) is 6.28. The summed E-state index contributed by atoms with van der Waals surface area (Å²) in [6, 6.07) is 7.56. The Labute approximate surface area is 116 Å². The molecule has 1 aromatic rings. The molecule has 0 aromatic heterocycles. The number of carbonyl (C=O) groups excluding carboxylic acids is 2. The molecule has 0 bridgehead atoms. The molecule has 1 aliphatic rings. The van der Waals surface area contributed by atoms with Gasteiger partial charge in [-0.2, -0.15) is 5.06 Å². The quantitative estimate of drug-likeness (QED) is 0.837.